The fraction of sp³-hybridized carbons (Fsp3) is 0.583. The normalized spacial score (nSPS) is 23.6. The van der Waals surface area contributed by atoms with Crippen molar-refractivity contribution in [2.24, 2.45) is 22.6 Å². The van der Waals surface area contributed by atoms with Crippen molar-refractivity contribution in [1.29, 1.82) is 0 Å². The standard InChI is InChI=1S/C12H21N7O/c1-7-4-2-3-5-9(7)17-10-8(11(13)20)6-16-19(15)12(10)18-14/h6-7,9,17H,2-5,14-15H2,1H3,(H2,13,20). The average molecular weight is 279 g/mol. The first-order valence-corrected chi connectivity index (χ1v) is 6.72. The molecule has 2 unspecified atom stereocenters. The minimum atomic E-state index is -0.589. The maximum atomic E-state index is 11.5. The molecule has 20 heavy (non-hydrogen) atoms. The molecule has 8 heteroatoms. The summed E-state index contributed by atoms with van der Waals surface area (Å²) in [4.78, 5) is 12.6. The first-order valence-electron chi connectivity index (χ1n) is 6.72. The quantitative estimate of drug-likeness (QED) is 0.435. The number of primary amides is 1. The van der Waals surface area contributed by atoms with Crippen molar-refractivity contribution in [3.05, 3.63) is 17.2 Å². The van der Waals surface area contributed by atoms with Crippen LogP contribution in [0.3, 0.4) is 0 Å². The summed E-state index contributed by atoms with van der Waals surface area (Å²) >= 11 is 0. The average Bonchev–Trinajstić information content (AvgIpc) is 2.41. The third-order valence-electron chi connectivity index (χ3n) is 3.85. The van der Waals surface area contributed by atoms with Crippen molar-refractivity contribution in [3.8, 4) is 0 Å². The first-order chi connectivity index (χ1) is 9.54. The Balaban J connectivity index is 2.43. The molecule has 1 aliphatic carbocycles. The number of hydrogen-bond acceptors (Lipinski definition) is 6. The van der Waals surface area contributed by atoms with Crippen molar-refractivity contribution in [3.63, 3.8) is 0 Å². The van der Waals surface area contributed by atoms with E-state index < -0.39 is 5.91 Å². The molecule has 1 aromatic rings. The van der Waals surface area contributed by atoms with Gasteiger partial charge in [0.05, 0.1) is 17.4 Å². The molecule has 110 valence electrons. The number of nitrogens with zero attached hydrogens (tertiary/aromatic N) is 3. The van der Waals surface area contributed by atoms with Gasteiger partial charge in [0.1, 0.15) is 0 Å². The van der Waals surface area contributed by atoms with Crippen molar-refractivity contribution >= 4 is 11.6 Å². The molecule has 1 heterocycles. The Morgan fingerprint density at radius 3 is 2.80 bits per heavy atom. The van der Waals surface area contributed by atoms with Gasteiger partial charge in [0, 0.05) is 6.04 Å². The second-order valence-corrected chi connectivity index (χ2v) is 5.21. The fourth-order valence-electron chi connectivity index (χ4n) is 2.64. The molecule has 0 spiro atoms. The Hall–Kier alpha value is -2.25. The van der Waals surface area contributed by atoms with Crippen LogP contribution in [0.2, 0.25) is 0 Å². The van der Waals surface area contributed by atoms with Gasteiger partial charge in [-0.3, -0.25) is 4.79 Å². The van der Waals surface area contributed by atoms with E-state index in [4.69, 9.17) is 17.4 Å². The Kier molecular flexibility index (Phi) is 4.11. The molecule has 1 aliphatic rings. The number of nitrogen functional groups attached to an aromatic ring is 1. The highest BCUT2D eigenvalue weighted by Gasteiger charge is 2.24. The van der Waals surface area contributed by atoms with Crippen LogP contribution in [-0.2, 0) is 0 Å². The maximum absolute atomic E-state index is 11.5. The van der Waals surface area contributed by atoms with E-state index in [1.54, 1.807) is 0 Å². The molecular formula is C12H21N7O. The van der Waals surface area contributed by atoms with Crippen LogP contribution in [-0.4, -0.2) is 21.8 Å². The SMILES string of the molecule is CC1CCCCC1Nc1c(C(N)=O)cnn(N)c1=NN. The number of anilines is 1. The summed E-state index contributed by atoms with van der Waals surface area (Å²) in [6, 6.07) is 0.241. The number of amides is 1. The summed E-state index contributed by atoms with van der Waals surface area (Å²) in [7, 11) is 0. The van der Waals surface area contributed by atoms with Gasteiger partial charge in [-0.2, -0.15) is 15.0 Å². The first kappa shape index (κ1) is 14.2. The molecule has 1 aromatic heterocycles. The lowest BCUT2D eigenvalue weighted by molar-refractivity contribution is 0.1000. The van der Waals surface area contributed by atoms with Gasteiger partial charge in [-0.15, -0.1) is 0 Å². The van der Waals surface area contributed by atoms with E-state index in [0.717, 1.165) is 24.1 Å². The highest BCUT2D eigenvalue weighted by atomic mass is 16.1. The van der Waals surface area contributed by atoms with Gasteiger partial charge < -0.3 is 22.7 Å². The Labute approximate surface area is 117 Å². The number of aromatic nitrogens is 2. The summed E-state index contributed by atoms with van der Waals surface area (Å²) in [5.74, 6) is 10.9. The number of rotatable bonds is 3. The van der Waals surface area contributed by atoms with E-state index in [-0.39, 0.29) is 17.1 Å². The minimum absolute atomic E-state index is 0.207. The fourth-order valence-corrected chi connectivity index (χ4v) is 2.64. The van der Waals surface area contributed by atoms with Crippen LogP contribution < -0.4 is 28.2 Å². The van der Waals surface area contributed by atoms with Gasteiger partial charge in [0.15, 0.2) is 0 Å². The van der Waals surface area contributed by atoms with Gasteiger partial charge in [-0.05, 0) is 18.8 Å². The second-order valence-electron chi connectivity index (χ2n) is 5.21. The van der Waals surface area contributed by atoms with Gasteiger partial charge in [-0.25, -0.2) is 0 Å². The van der Waals surface area contributed by atoms with Crippen molar-refractivity contribution in [2.75, 3.05) is 11.2 Å². The topological polar surface area (TPSA) is 137 Å². The Morgan fingerprint density at radius 1 is 1.50 bits per heavy atom. The largest absolute Gasteiger partial charge is 0.378 e. The lowest BCUT2D eigenvalue weighted by Gasteiger charge is -2.30. The van der Waals surface area contributed by atoms with Crippen LogP contribution >= 0.6 is 0 Å². The summed E-state index contributed by atoms with van der Waals surface area (Å²) in [5.41, 5.74) is 6.28. The molecule has 1 fully saturated rings. The molecule has 8 nitrogen and oxygen atoms in total. The number of carbonyl (C=O) groups is 1. The summed E-state index contributed by atoms with van der Waals surface area (Å²) in [5, 5.41) is 10.8. The minimum Gasteiger partial charge on any atom is -0.378 e. The van der Waals surface area contributed by atoms with Gasteiger partial charge in [0.25, 0.3) is 5.91 Å². The van der Waals surface area contributed by atoms with Gasteiger partial charge in [0.2, 0.25) is 5.49 Å². The third kappa shape index (κ3) is 2.68. The maximum Gasteiger partial charge on any atom is 0.252 e. The van der Waals surface area contributed by atoms with E-state index in [9.17, 15) is 4.79 Å². The smallest absolute Gasteiger partial charge is 0.252 e. The number of carbonyl (C=O) groups excluding carboxylic acids is 1. The molecule has 0 aromatic carbocycles. The molecule has 7 N–H and O–H groups in total. The van der Waals surface area contributed by atoms with Crippen molar-refractivity contribution in [1.82, 2.24) is 9.89 Å². The van der Waals surface area contributed by atoms with Gasteiger partial charge >= 0.3 is 0 Å². The zero-order valence-corrected chi connectivity index (χ0v) is 11.5. The zero-order chi connectivity index (χ0) is 14.7. The zero-order valence-electron chi connectivity index (χ0n) is 11.5. The van der Waals surface area contributed by atoms with Crippen LogP contribution in [0.5, 0.6) is 0 Å². The monoisotopic (exact) mass is 279 g/mol. The van der Waals surface area contributed by atoms with Crippen LogP contribution in [0.1, 0.15) is 43.0 Å². The molecule has 2 atom stereocenters. The van der Waals surface area contributed by atoms with E-state index in [1.807, 2.05) is 0 Å². The molecule has 0 radical (unpaired) electrons. The van der Waals surface area contributed by atoms with E-state index in [1.165, 1.54) is 12.6 Å². The lowest BCUT2D eigenvalue weighted by Crippen LogP contribution is -2.40. The number of nitrogens with two attached hydrogens (primary N) is 3. The second kappa shape index (κ2) is 5.81. The third-order valence-corrected chi connectivity index (χ3v) is 3.85. The number of hydrogen-bond donors (Lipinski definition) is 4. The van der Waals surface area contributed by atoms with Crippen LogP contribution in [0, 0.1) is 5.92 Å². The summed E-state index contributed by atoms with van der Waals surface area (Å²) in [6.07, 6.45) is 5.87. The van der Waals surface area contributed by atoms with E-state index in [2.05, 4.69) is 22.4 Å². The molecule has 1 amide bonds. The lowest BCUT2D eigenvalue weighted by atomic mass is 9.86. The molecule has 0 bridgehead atoms. The van der Waals surface area contributed by atoms with Gasteiger partial charge in [-0.1, -0.05) is 19.8 Å². The summed E-state index contributed by atoms with van der Waals surface area (Å²) < 4.78 is 0. The summed E-state index contributed by atoms with van der Waals surface area (Å²) in [6.45, 7) is 2.18. The number of nitrogens with one attached hydrogen (secondary N) is 1. The van der Waals surface area contributed by atoms with Crippen LogP contribution in [0.15, 0.2) is 11.3 Å². The highest BCUT2D eigenvalue weighted by Crippen LogP contribution is 2.26. The van der Waals surface area contributed by atoms with Crippen LogP contribution in [0.4, 0.5) is 5.69 Å². The molecular weight excluding hydrogens is 258 g/mol. The van der Waals surface area contributed by atoms with E-state index in [0.29, 0.717) is 11.6 Å². The Morgan fingerprint density at radius 2 is 2.20 bits per heavy atom. The molecule has 0 saturated heterocycles. The van der Waals surface area contributed by atoms with Crippen molar-refractivity contribution in [2.45, 2.75) is 38.6 Å². The predicted molar refractivity (Wildman–Crippen MR) is 75.7 cm³/mol. The highest BCUT2D eigenvalue weighted by molar-refractivity contribution is 5.97. The molecule has 0 aliphatic heterocycles. The predicted octanol–water partition coefficient (Wildman–Crippen LogP) is -0.539. The van der Waals surface area contributed by atoms with E-state index >= 15 is 0 Å². The molecule has 1 saturated carbocycles. The van der Waals surface area contributed by atoms with Crippen LogP contribution in [0.25, 0.3) is 0 Å². The van der Waals surface area contributed by atoms with Crippen molar-refractivity contribution < 1.29 is 4.79 Å². The Bertz CT molecular complexity index is 565. The molecule has 2 rings (SSSR count).